The van der Waals surface area contributed by atoms with Gasteiger partial charge in [0, 0.05) is 32.7 Å². The van der Waals surface area contributed by atoms with Crippen LogP contribution in [0.4, 0.5) is 13.2 Å². The molecule has 1 unspecified atom stereocenters. The van der Waals surface area contributed by atoms with E-state index < -0.39 is 18.2 Å². The van der Waals surface area contributed by atoms with Crippen LogP contribution in [0.2, 0.25) is 0 Å². The number of hydrogen-bond acceptors (Lipinski definition) is 5. The van der Waals surface area contributed by atoms with Crippen molar-refractivity contribution in [3.8, 4) is 5.75 Å². The SMILES string of the molecule is CCNC(=NCc1ccc(C(=O)OC)c(OC)c1)N1CCN(C(C)C(F)(F)F)CC1.I. The molecule has 1 aromatic carbocycles. The summed E-state index contributed by atoms with van der Waals surface area (Å²) < 4.78 is 48.9. The van der Waals surface area contributed by atoms with Crippen molar-refractivity contribution in [3.05, 3.63) is 29.3 Å². The van der Waals surface area contributed by atoms with Crippen LogP contribution in [0.5, 0.6) is 5.75 Å². The maximum absolute atomic E-state index is 13.0. The smallest absolute Gasteiger partial charge is 0.403 e. The van der Waals surface area contributed by atoms with Gasteiger partial charge in [0.1, 0.15) is 17.4 Å². The molecule has 7 nitrogen and oxygen atoms in total. The van der Waals surface area contributed by atoms with Crippen molar-refractivity contribution in [3.63, 3.8) is 0 Å². The average Bonchev–Trinajstić information content (AvgIpc) is 2.74. The fraction of sp³-hybridized carbons (Fsp3) is 0.600. The Morgan fingerprint density at radius 2 is 1.87 bits per heavy atom. The van der Waals surface area contributed by atoms with Crippen LogP contribution in [0, 0.1) is 0 Å². The van der Waals surface area contributed by atoms with E-state index in [-0.39, 0.29) is 24.0 Å². The zero-order valence-corrected chi connectivity index (χ0v) is 20.5. The molecule has 1 atom stereocenters. The van der Waals surface area contributed by atoms with Crippen molar-refractivity contribution in [2.75, 3.05) is 46.9 Å². The third kappa shape index (κ3) is 7.41. The van der Waals surface area contributed by atoms with Crippen LogP contribution in [0.25, 0.3) is 0 Å². The van der Waals surface area contributed by atoms with Crippen molar-refractivity contribution in [2.24, 2.45) is 4.99 Å². The summed E-state index contributed by atoms with van der Waals surface area (Å²) in [6, 6.07) is 3.66. The molecule has 2 rings (SSSR count). The van der Waals surface area contributed by atoms with Gasteiger partial charge in [0.25, 0.3) is 0 Å². The molecular weight excluding hydrogens is 528 g/mol. The van der Waals surface area contributed by atoms with E-state index in [1.165, 1.54) is 26.0 Å². The molecule has 1 aromatic rings. The minimum atomic E-state index is -4.23. The highest BCUT2D eigenvalue weighted by Crippen LogP contribution is 2.25. The van der Waals surface area contributed by atoms with E-state index in [1.54, 1.807) is 18.2 Å². The highest BCUT2D eigenvalue weighted by Gasteiger charge is 2.41. The Bertz CT molecular complexity index is 754. The monoisotopic (exact) mass is 558 g/mol. The third-order valence-corrected chi connectivity index (χ3v) is 5.05. The molecule has 176 valence electrons. The molecule has 0 aliphatic carbocycles. The molecule has 0 saturated carbocycles. The van der Waals surface area contributed by atoms with Gasteiger partial charge in [-0.3, -0.25) is 4.90 Å². The summed E-state index contributed by atoms with van der Waals surface area (Å²) in [6.45, 7) is 5.64. The van der Waals surface area contributed by atoms with Gasteiger partial charge in [-0.2, -0.15) is 13.2 Å². The lowest BCUT2D eigenvalue weighted by molar-refractivity contribution is -0.181. The van der Waals surface area contributed by atoms with Crippen molar-refractivity contribution < 1.29 is 27.4 Å². The van der Waals surface area contributed by atoms with Crippen LogP contribution in [0.15, 0.2) is 23.2 Å². The first-order valence-electron chi connectivity index (χ1n) is 9.80. The first-order valence-corrected chi connectivity index (χ1v) is 9.80. The Hall–Kier alpha value is -1.76. The summed E-state index contributed by atoms with van der Waals surface area (Å²) in [5, 5.41) is 3.19. The summed E-state index contributed by atoms with van der Waals surface area (Å²) in [6.07, 6.45) is -4.23. The number of rotatable bonds is 6. The fourth-order valence-electron chi connectivity index (χ4n) is 3.23. The van der Waals surface area contributed by atoms with Crippen molar-refractivity contribution in [2.45, 2.75) is 32.6 Å². The Balaban J connectivity index is 0.00000480. The maximum Gasteiger partial charge on any atom is 0.403 e. The van der Waals surface area contributed by atoms with Gasteiger partial charge in [-0.25, -0.2) is 9.79 Å². The zero-order valence-electron chi connectivity index (χ0n) is 18.2. The number of esters is 1. The van der Waals surface area contributed by atoms with Crippen LogP contribution in [-0.4, -0.2) is 80.9 Å². The summed E-state index contributed by atoms with van der Waals surface area (Å²) in [5.74, 6) is 0.559. The van der Waals surface area contributed by atoms with Gasteiger partial charge in [0.15, 0.2) is 5.96 Å². The van der Waals surface area contributed by atoms with Gasteiger partial charge >= 0.3 is 12.1 Å². The van der Waals surface area contributed by atoms with E-state index in [2.05, 4.69) is 10.3 Å². The largest absolute Gasteiger partial charge is 0.496 e. The highest BCUT2D eigenvalue weighted by atomic mass is 127. The zero-order chi connectivity index (χ0) is 22.3. The Labute approximate surface area is 198 Å². The first-order chi connectivity index (χ1) is 14.2. The van der Waals surface area contributed by atoms with Gasteiger partial charge in [0.05, 0.1) is 20.8 Å². The number of alkyl halides is 3. The predicted octanol–water partition coefficient (Wildman–Crippen LogP) is 3.13. The van der Waals surface area contributed by atoms with E-state index in [4.69, 9.17) is 9.47 Å². The minimum absolute atomic E-state index is 0. The van der Waals surface area contributed by atoms with Crippen LogP contribution in [0.1, 0.15) is 29.8 Å². The summed E-state index contributed by atoms with van der Waals surface area (Å²) in [4.78, 5) is 19.8. The van der Waals surface area contributed by atoms with Crippen LogP contribution >= 0.6 is 24.0 Å². The number of guanidine groups is 1. The molecule has 11 heteroatoms. The lowest BCUT2D eigenvalue weighted by Crippen LogP contribution is -2.56. The van der Waals surface area contributed by atoms with Gasteiger partial charge in [-0.05, 0) is 31.5 Å². The number of piperazine rings is 1. The Kier molecular flexibility index (Phi) is 10.8. The molecule has 0 amide bonds. The normalized spacial score (nSPS) is 16.4. The molecule has 0 radical (unpaired) electrons. The number of benzene rings is 1. The standard InChI is InChI=1S/C20H29F3N4O3.HI/c1-5-24-19(27-10-8-26(9-11-27)14(2)20(21,22)23)25-13-15-6-7-16(18(28)30-4)17(12-15)29-3;/h6-7,12,14H,5,8-11,13H2,1-4H3,(H,24,25);1H. The maximum atomic E-state index is 13.0. The van der Waals surface area contributed by atoms with Gasteiger partial charge in [0.2, 0.25) is 0 Å². The molecule has 1 heterocycles. The number of nitrogens with one attached hydrogen (secondary N) is 1. The van der Waals surface area contributed by atoms with E-state index in [0.29, 0.717) is 56.5 Å². The summed E-state index contributed by atoms with van der Waals surface area (Å²) in [5.41, 5.74) is 1.16. The van der Waals surface area contributed by atoms with Gasteiger partial charge < -0.3 is 19.7 Å². The number of nitrogens with zero attached hydrogens (tertiary/aromatic N) is 3. The fourth-order valence-corrected chi connectivity index (χ4v) is 3.23. The van der Waals surface area contributed by atoms with Gasteiger partial charge in [-0.15, -0.1) is 24.0 Å². The molecule has 1 fully saturated rings. The predicted molar refractivity (Wildman–Crippen MR) is 123 cm³/mol. The van der Waals surface area contributed by atoms with E-state index in [9.17, 15) is 18.0 Å². The van der Waals surface area contributed by atoms with Crippen LogP contribution in [-0.2, 0) is 11.3 Å². The summed E-state index contributed by atoms with van der Waals surface area (Å²) >= 11 is 0. The number of aliphatic imine (C=N–C) groups is 1. The summed E-state index contributed by atoms with van der Waals surface area (Å²) in [7, 11) is 2.78. The van der Waals surface area contributed by atoms with E-state index in [1.807, 2.05) is 11.8 Å². The molecule has 1 saturated heterocycles. The van der Waals surface area contributed by atoms with E-state index in [0.717, 1.165) is 5.56 Å². The number of carbonyl (C=O) groups is 1. The quantitative estimate of drug-likeness (QED) is 0.251. The highest BCUT2D eigenvalue weighted by molar-refractivity contribution is 14.0. The molecule has 0 spiro atoms. The van der Waals surface area contributed by atoms with Crippen molar-refractivity contribution in [1.82, 2.24) is 15.1 Å². The number of hydrogen-bond donors (Lipinski definition) is 1. The average molecular weight is 558 g/mol. The second-order valence-electron chi connectivity index (χ2n) is 6.94. The van der Waals surface area contributed by atoms with Crippen LogP contribution < -0.4 is 10.1 Å². The van der Waals surface area contributed by atoms with Crippen molar-refractivity contribution in [1.29, 1.82) is 0 Å². The molecule has 0 bridgehead atoms. The second-order valence-corrected chi connectivity index (χ2v) is 6.94. The minimum Gasteiger partial charge on any atom is -0.496 e. The molecule has 1 aliphatic heterocycles. The molecule has 0 aromatic heterocycles. The lowest BCUT2D eigenvalue weighted by Gasteiger charge is -2.39. The number of ether oxygens (including phenoxy) is 2. The molecule has 31 heavy (non-hydrogen) atoms. The van der Waals surface area contributed by atoms with Crippen molar-refractivity contribution >= 4 is 35.9 Å². The number of carbonyl (C=O) groups excluding carboxylic acids is 1. The topological polar surface area (TPSA) is 66.4 Å². The second kappa shape index (κ2) is 12.3. The van der Waals surface area contributed by atoms with E-state index >= 15 is 0 Å². The number of methoxy groups -OCH3 is 2. The lowest BCUT2D eigenvalue weighted by atomic mass is 10.1. The number of halogens is 4. The van der Waals surface area contributed by atoms with Crippen LogP contribution in [0.3, 0.4) is 0 Å². The molecule has 1 N–H and O–H groups in total. The van der Waals surface area contributed by atoms with Gasteiger partial charge in [-0.1, -0.05) is 6.07 Å². The Morgan fingerprint density at radius 1 is 1.23 bits per heavy atom. The first kappa shape index (κ1) is 27.3. The molecular formula is C20H30F3IN4O3. The molecule has 1 aliphatic rings. The third-order valence-electron chi connectivity index (χ3n) is 5.05. The Morgan fingerprint density at radius 3 is 2.39 bits per heavy atom.